The molecule has 1 amide bonds. The quantitative estimate of drug-likeness (QED) is 0.819. The van der Waals surface area contributed by atoms with Crippen molar-refractivity contribution in [2.75, 3.05) is 11.9 Å². The molecule has 0 aromatic carbocycles. The number of nitrogens with zero attached hydrogens (tertiary/aromatic N) is 3. The van der Waals surface area contributed by atoms with Crippen molar-refractivity contribution in [3.05, 3.63) is 47.9 Å². The van der Waals surface area contributed by atoms with E-state index in [1.165, 1.54) is 0 Å². The van der Waals surface area contributed by atoms with Crippen molar-refractivity contribution in [2.45, 2.75) is 26.8 Å². The summed E-state index contributed by atoms with van der Waals surface area (Å²) < 4.78 is 0. The van der Waals surface area contributed by atoms with E-state index in [-0.39, 0.29) is 5.91 Å². The zero-order valence-electron chi connectivity index (χ0n) is 12.9. The largest absolute Gasteiger partial charge is 0.369 e. The molecule has 0 saturated heterocycles. The van der Waals surface area contributed by atoms with Gasteiger partial charge in [0.25, 0.3) is 5.91 Å². The number of amides is 1. The van der Waals surface area contributed by atoms with E-state index in [1.807, 2.05) is 12.1 Å². The van der Waals surface area contributed by atoms with Crippen LogP contribution in [0.4, 0.5) is 5.82 Å². The lowest BCUT2D eigenvalue weighted by molar-refractivity contribution is 0.0945. The van der Waals surface area contributed by atoms with Crippen LogP contribution in [0.2, 0.25) is 0 Å². The maximum Gasteiger partial charge on any atom is 0.272 e. The molecule has 0 aliphatic carbocycles. The van der Waals surface area contributed by atoms with E-state index in [2.05, 4.69) is 39.7 Å². The van der Waals surface area contributed by atoms with Crippen molar-refractivity contribution >= 4 is 11.7 Å². The molecule has 0 unspecified atom stereocenters. The fraction of sp³-hybridized carbons (Fsp3) is 0.375. The zero-order valence-corrected chi connectivity index (χ0v) is 12.9. The Hall–Kier alpha value is -2.50. The second-order valence-electron chi connectivity index (χ2n) is 5.46. The fourth-order valence-corrected chi connectivity index (χ4v) is 1.81. The van der Waals surface area contributed by atoms with E-state index in [0.717, 1.165) is 18.5 Å². The molecule has 6 heteroatoms. The number of carbonyl (C=O) groups excluding carboxylic acids is 1. The molecule has 0 aliphatic heterocycles. The number of nitrogens with one attached hydrogen (secondary N) is 2. The highest BCUT2D eigenvalue weighted by Crippen LogP contribution is 2.05. The number of hydrogen-bond acceptors (Lipinski definition) is 5. The Bertz CT molecular complexity index is 583. The van der Waals surface area contributed by atoms with Gasteiger partial charge in [-0.2, -0.15) is 0 Å². The van der Waals surface area contributed by atoms with Crippen LogP contribution in [0, 0.1) is 5.92 Å². The second-order valence-corrected chi connectivity index (χ2v) is 5.46. The van der Waals surface area contributed by atoms with E-state index in [0.29, 0.717) is 24.0 Å². The molecule has 0 radical (unpaired) electrons. The molecule has 2 N–H and O–H groups in total. The zero-order chi connectivity index (χ0) is 15.8. The van der Waals surface area contributed by atoms with Crippen LogP contribution in [0.5, 0.6) is 0 Å². The highest BCUT2D eigenvalue weighted by atomic mass is 16.1. The van der Waals surface area contributed by atoms with Crippen LogP contribution in [0.25, 0.3) is 0 Å². The number of hydrogen-bond donors (Lipinski definition) is 2. The van der Waals surface area contributed by atoms with E-state index >= 15 is 0 Å². The van der Waals surface area contributed by atoms with Crippen LogP contribution in [0.3, 0.4) is 0 Å². The summed E-state index contributed by atoms with van der Waals surface area (Å²) in [5.74, 6) is 1.08. The Kier molecular flexibility index (Phi) is 5.82. The second kappa shape index (κ2) is 8.07. The normalized spacial score (nSPS) is 10.5. The lowest BCUT2D eigenvalue weighted by atomic mass is 10.1. The van der Waals surface area contributed by atoms with Gasteiger partial charge >= 0.3 is 0 Å². The molecule has 0 aliphatic rings. The summed E-state index contributed by atoms with van der Waals surface area (Å²) in [6.07, 6.45) is 4.48. The van der Waals surface area contributed by atoms with Gasteiger partial charge in [0.2, 0.25) is 0 Å². The van der Waals surface area contributed by atoms with Gasteiger partial charge in [-0.1, -0.05) is 19.9 Å². The molecule has 0 atom stereocenters. The number of rotatable bonds is 7. The average Bonchev–Trinajstić information content (AvgIpc) is 2.54. The summed E-state index contributed by atoms with van der Waals surface area (Å²) in [5.41, 5.74) is 1.24. The van der Waals surface area contributed by atoms with E-state index in [1.54, 1.807) is 24.5 Å². The van der Waals surface area contributed by atoms with Crippen LogP contribution < -0.4 is 10.6 Å². The molecule has 116 valence electrons. The summed E-state index contributed by atoms with van der Waals surface area (Å²) in [6.45, 7) is 5.60. The molecule has 2 aromatic rings. The van der Waals surface area contributed by atoms with Gasteiger partial charge in [0.05, 0.1) is 0 Å². The van der Waals surface area contributed by atoms with Gasteiger partial charge in [0.15, 0.2) is 5.69 Å². The van der Waals surface area contributed by atoms with E-state index in [4.69, 9.17) is 0 Å². The maximum atomic E-state index is 12.0. The van der Waals surface area contributed by atoms with Crippen LogP contribution in [-0.2, 0) is 6.54 Å². The van der Waals surface area contributed by atoms with Gasteiger partial charge in [-0.25, -0.2) is 0 Å². The molecule has 2 heterocycles. The SMILES string of the molecule is CC(C)CCNc1ccc(C(=O)NCc2cccnc2)nn1. The summed E-state index contributed by atoms with van der Waals surface area (Å²) in [4.78, 5) is 16.0. The number of carbonyl (C=O) groups is 1. The molecule has 6 nitrogen and oxygen atoms in total. The Balaban J connectivity index is 1.83. The first-order valence-electron chi connectivity index (χ1n) is 7.40. The summed E-state index contributed by atoms with van der Waals surface area (Å²) in [7, 11) is 0. The maximum absolute atomic E-state index is 12.0. The molecule has 2 aromatic heterocycles. The first-order valence-corrected chi connectivity index (χ1v) is 7.40. The summed E-state index contributed by atoms with van der Waals surface area (Å²) >= 11 is 0. The Morgan fingerprint density at radius 1 is 1.23 bits per heavy atom. The highest BCUT2D eigenvalue weighted by Gasteiger charge is 2.08. The van der Waals surface area contributed by atoms with Crippen molar-refractivity contribution in [3.63, 3.8) is 0 Å². The van der Waals surface area contributed by atoms with Gasteiger partial charge in [-0.05, 0) is 36.1 Å². The van der Waals surface area contributed by atoms with Crippen molar-refractivity contribution in [3.8, 4) is 0 Å². The Morgan fingerprint density at radius 3 is 2.73 bits per heavy atom. The van der Waals surface area contributed by atoms with E-state index in [9.17, 15) is 4.79 Å². The van der Waals surface area contributed by atoms with E-state index < -0.39 is 0 Å². The third kappa shape index (κ3) is 5.12. The fourth-order valence-electron chi connectivity index (χ4n) is 1.81. The number of aromatic nitrogens is 3. The average molecular weight is 299 g/mol. The van der Waals surface area contributed by atoms with Crippen molar-refractivity contribution in [1.29, 1.82) is 0 Å². The predicted octanol–water partition coefficient (Wildman–Crippen LogP) is 2.26. The molecule has 0 bridgehead atoms. The van der Waals surface area contributed by atoms with Crippen LogP contribution in [-0.4, -0.2) is 27.6 Å². The lowest BCUT2D eigenvalue weighted by Gasteiger charge is -2.07. The van der Waals surface area contributed by atoms with Gasteiger partial charge in [-0.15, -0.1) is 10.2 Å². The molecule has 2 rings (SSSR count). The first-order chi connectivity index (χ1) is 10.6. The summed E-state index contributed by atoms with van der Waals surface area (Å²) in [5, 5.41) is 13.9. The first kappa shape index (κ1) is 15.9. The van der Waals surface area contributed by atoms with Crippen molar-refractivity contribution in [2.24, 2.45) is 5.92 Å². The minimum atomic E-state index is -0.245. The summed E-state index contributed by atoms with van der Waals surface area (Å²) in [6, 6.07) is 7.18. The van der Waals surface area contributed by atoms with Gasteiger partial charge in [0.1, 0.15) is 5.82 Å². The Morgan fingerprint density at radius 2 is 2.09 bits per heavy atom. The van der Waals surface area contributed by atoms with Gasteiger partial charge in [-0.3, -0.25) is 9.78 Å². The minimum absolute atomic E-state index is 0.245. The van der Waals surface area contributed by atoms with Crippen LogP contribution >= 0.6 is 0 Å². The topological polar surface area (TPSA) is 79.8 Å². The molecule has 0 saturated carbocycles. The molecule has 0 fully saturated rings. The van der Waals surface area contributed by atoms with Crippen molar-refractivity contribution < 1.29 is 4.79 Å². The third-order valence-electron chi connectivity index (χ3n) is 3.10. The minimum Gasteiger partial charge on any atom is -0.369 e. The molecular formula is C16H21N5O. The van der Waals surface area contributed by atoms with Gasteiger partial charge < -0.3 is 10.6 Å². The molecular weight excluding hydrogens is 278 g/mol. The predicted molar refractivity (Wildman–Crippen MR) is 85.4 cm³/mol. The smallest absolute Gasteiger partial charge is 0.272 e. The third-order valence-corrected chi connectivity index (χ3v) is 3.10. The number of anilines is 1. The van der Waals surface area contributed by atoms with Gasteiger partial charge in [0, 0.05) is 25.5 Å². The standard InChI is InChI=1S/C16H21N5O/c1-12(2)7-9-18-15-6-5-14(20-21-15)16(22)19-11-13-4-3-8-17-10-13/h3-6,8,10,12H,7,9,11H2,1-2H3,(H,18,21)(H,19,22). The van der Waals surface area contributed by atoms with Crippen molar-refractivity contribution in [1.82, 2.24) is 20.5 Å². The monoisotopic (exact) mass is 299 g/mol. The Labute approximate surface area is 130 Å². The molecule has 22 heavy (non-hydrogen) atoms. The van der Waals surface area contributed by atoms with Crippen LogP contribution in [0.1, 0.15) is 36.3 Å². The number of pyridine rings is 1. The lowest BCUT2D eigenvalue weighted by Crippen LogP contribution is -2.24. The molecule has 0 spiro atoms. The van der Waals surface area contributed by atoms with Crippen LogP contribution in [0.15, 0.2) is 36.7 Å². The highest BCUT2D eigenvalue weighted by molar-refractivity contribution is 5.92.